The number of nitrogens with two attached hydrogens (primary N) is 1. The van der Waals surface area contributed by atoms with Gasteiger partial charge in [0.25, 0.3) is 0 Å². The Morgan fingerprint density at radius 1 is 1.40 bits per heavy atom. The van der Waals surface area contributed by atoms with Crippen molar-refractivity contribution in [3.8, 4) is 0 Å². The average molecular weight is 299 g/mol. The number of benzene rings is 1. The second kappa shape index (κ2) is 8.25. The molecule has 1 amide bonds. The SMILES string of the molecule is COCC(N)C(=O)NC(c1ccccc1)C1CCC1.Cl. The summed E-state index contributed by atoms with van der Waals surface area (Å²) >= 11 is 0. The van der Waals surface area contributed by atoms with Crippen LogP contribution in [0.15, 0.2) is 30.3 Å². The molecule has 2 rings (SSSR count). The summed E-state index contributed by atoms with van der Waals surface area (Å²) < 4.78 is 4.93. The van der Waals surface area contributed by atoms with E-state index in [0.29, 0.717) is 5.92 Å². The number of methoxy groups -OCH3 is 1. The van der Waals surface area contributed by atoms with Gasteiger partial charge in [0.2, 0.25) is 5.91 Å². The zero-order chi connectivity index (χ0) is 13.7. The molecule has 0 spiro atoms. The number of amides is 1. The largest absolute Gasteiger partial charge is 0.383 e. The molecule has 0 radical (unpaired) electrons. The van der Waals surface area contributed by atoms with E-state index in [1.54, 1.807) is 7.11 Å². The van der Waals surface area contributed by atoms with E-state index in [2.05, 4.69) is 17.4 Å². The fraction of sp³-hybridized carbons (Fsp3) is 0.533. The van der Waals surface area contributed by atoms with Crippen LogP contribution < -0.4 is 11.1 Å². The minimum atomic E-state index is -0.601. The van der Waals surface area contributed by atoms with Gasteiger partial charge >= 0.3 is 0 Å². The minimum Gasteiger partial charge on any atom is -0.383 e. The summed E-state index contributed by atoms with van der Waals surface area (Å²) in [4.78, 5) is 12.0. The van der Waals surface area contributed by atoms with Crippen molar-refractivity contribution in [3.63, 3.8) is 0 Å². The van der Waals surface area contributed by atoms with Crippen molar-refractivity contribution in [2.45, 2.75) is 31.3 Å². The number of halogens is 1. The van der Waals surface area contributed by atoms with Crippen molar-refractivity contribution >= 4 is 18.3 Å². The second-order valence-electron chi connectivity index (χ2n) is 5.15. The highest BCUT2D eigenvalue weighted by Crippen LogP contribution is 2.37. The molecule has 0 bridgehead atoms. The van der Waals surface area contributed by atoms with Crippen molar-refractivity contribution in [1.82, 2.24) is 5.32 Å². The predicted molar refractivity (Wildman–Crippen MR) is 81.8 cm³/mol. The van der Waals surface area contributed by atoms with Gasteiger partial charge in [-0.15, -0.1) is 12.4 Å². The third-order valence-electron chi connectivity index (χ3n) is 3.76. The van der Waals surface area contributed by atoms with Crippen molar-refractivity contribution in [1.29, 1.82) is 0 Å². The topological polar surface area (TPSA) is 64.3 Å². The van der Waals surface area contributed by atoms with Crippen LogP contribution in [0.2, 0.25) is 0 Å². The molecule has 1 aromatic carbocycles. The molecule has 0 aromatic heterocycles. The molecular weight excluding hydrogens is 276 g/mol. The Labute approximate surface area is 126 Å². The van der Waals surface area contributed by atoms with Crippen LogP contribution in [-0.4, -0.2) is 25.7 Å². The fourth-order valence-corrected chi connectivity index (χ4v) is 2.42. The molecule has 1 saturated carbocycles. The van der Waals surface area contributed by atoms with Crippen LogP contribution in [0.5, 0.6) is 0 Å². The van der Waals surface area contributed by atoms with Gasteiger partial charge < -0.3 is 15.8 Å². The molecule has 0 heterocycles. The molecule has 1 aromatic rings. The van der Waals surface area contributed by atoms with Gasteiger partial charge in [-0.05, 0) is 24.3 Å². The summed E-state index contributed by atoms with van der Waals surface area (Å²) in [6.45, 7) is 0.248. The Kier molecular flexibility index (Phi) is 6.99. The molecule has 1 aliphatic rings. The normalized spacial score (nSPS) is 17.5. The minimum absolute atomic E-state index is 0. The van der Waals surface area contributed by atoms with Crippen molar-refractivity contribution in [3.05, 3.63) is 35.9 Å². The standard InChI is InChI=1S/C15H22N2O2.ClH/c1-19-10-13(16)15(18)17-14(12-8-5-9-12)11-6-3-2-4-7-11;/h2-4,6-7,12-14H,5,8-10,16H2,1H3,(H,17,18);1H. The molecular formula is C15H23ClN2O2. The Morgan fingerprint density at radius 2 is 2.05 bits per heavy atom. The molecule has 2 unspecified atom stereocenters. The van der Waals surface area contributed by atoms with Gasteiger partial charge in [0.05, 0.1) is 12.6 Å². The molecule has 1 fully saturated rings. The molecule has 1 aliphatic carbocycles. The molecule has 3 N–H and O–H groups in total. The van der Waals surface area contributed by atoms with E-state index in [-0.39, 0.29) is 31.0 Å². The Morgan fingerprint density at radius 3 is 2.55 bits per heavy atom. The van der Waals surface area contributed by atoms with Crippen LogP contribution in [0.1, 0.15) is 30.9 Å². The summed E-state index contributed by atoms with van der Waals surface area (Å²) in [5.41, 5.74) is 6.93. The van der Waals surface area contributed by atoms with E-state index in [4.69, 9.17) is 10.5 Å². The zero-order valence-electron chi connectivity index (χ0n) is 11.7. The van der Waals surface area contributed by atoms with Gasteiger partial charge in [-0.3, -0.25) is 4.79 Å². The highest BCUT2D eigenvalue weighted by atomic mass is 35.5. The molecule has 2 atom stereocenters. The number of hydrogen-bond acceptors (Lipinski definition) is 3. The van der Waals surface area contributed by atoms with E-state index in [0.717, 1.165) is 5.56 Å². The van der Waals surface area contributed by atoms with Crippen molar-refractivity contribution in [2.75, 3.05) is 13.7 Å². The first kappa shape index (κ1) is 17.0. The predicted octanol–water partition coefficient (Wildman–Crippen LogP) is 2.04. The number of hydrogen-bond donors (Lipinski definition) is 2. The third kappa shape index (κ3) is 4.20. The van der Waals surface area contributed by atoms with Crippen LogP contribution in [0.4, 0.5) is 0 Å². The summed E-state index contributed by atoms with van der Waals surface area (Å²) in [6, 6.07) is 9.59. The lowest BCUT2D eigenvalue weighted by molar-refractivity contribution is -0.124. The summed E-state index contributed by atoms with van der Waals surface area (Å²) in [7, 11) is 1.55. The van der Waals surface area contributed by atoms with E-state index in [9.17, 15) is 4.79 Å². The maximum atomic E-state index is 12.0. The van der Waals surface area contributed by atoms with E-state index < -0.39 is 6.04 Å². The number of nitrogens with one attached hydrogen (secondary N) is 1. The summed E-state index contributed by atoms with van der Waals surface area (Å²) in [5.74, 6) is 0.392. The number of rotatable bonds is 6. The maximum Gasteiger partial charge on any atom is 0.239 e. The molecule has 0 saturated heterocycles. The van der Waals surface area contributed by atoms with E-state index in [1.807, 2.05) is 18.2 Å². The fourth-order valence-electron chi connectivity index (χ4n) is 2.42. The van der Waals surface area contributed by atoms with Gasteiger partial charge in [0.15, 0.2) is 0 Å². The van der Waals surface area contributed by atoms with Gasteiger partial charge in [-0.25, -0.2) is 0 Å². The summed E-state index contributed by atoms with van der Waals surface area (Å²) in [5, 5.41) is 3.08. The number of carbonyl (C=O) groups is 1. The summed E-state index contributed by atoms with van der Waals surface area (Å²) in [6.07, 6.45) is 3.58. The second-order valence-corrected chi connectivity index (χ2v) is 5.15. The highest BCUT2D eigenvalue weighted by molar-refractivity contribution is 5.85. The molecule has 0 aliphatic heterocycles. The van der Waals surface area contributed by atoms with Crippen molar-refractivity contribution in [2.24, 2.45) is 11.7 Å². The molecule has 112 valence electrons. The van der Waals surface area contributed by atoms with Crippen LogP contribution in [-0.2, 0) is 9.53 Å². The smallest absolute Gasteiger partial charge is 0.239 e. The lowest BCUT2D eigenvalue weighted by atomic mass is 9.77. The average Bonchev–Trinajstić information content (AvgIpc) is 2.37. The van der Waals surface area contributed by atoms with Gasteiger partial charge in [-0.2, -0.15) is 0 Å². The first-order chi connectivity index (χ1) is 9.22. The number of ether oxygens (including phenoxy) is 1. The van der Waals surface area contributed by atoms with Crippen molar-refractivity contribution < 1.29 is 9.53 Å². The lowest BCUT2D eigenvalue weighted by Gasteiger charge is -2.35. The van der Waals surface area contributed by atoms with Crippen LogP contribution in [0.25, 0.3) is 0 Å². The van der Waals surface area contributed by atoms with Crippen LogP contribution >= 0.6 is 12.4 Å². The van der Waals surface area contributed by atoms with E-state index in [1.165, 1.54) is 19.3 Å². The Hall–Kier alpha value is -1.10. The van der Waals surface area contributed by atoms with Crippen LogP contribution in [0, 0.1) is 5.92 Å². The first-order valence-corrected chi connectivity index (χ1v) is 6.82. The molecule has 4 nitrogen and oxygen atoms in total. The lowest BCUT2D eigenvalue weighted by Crippen LogP contribution is -2.47. The zero-order valence-corrected chi connectivity index (χ0v) is 12.6. The van der Waals surface area contributed by atoms with Gasteiger partial charge in [0, 0.05) is 7.11 Å². The Balaban J connectivity index is 0.00000200. The van der Waals surface area contributed by atoms with Gasteiger partial charge in [-0.1, -0.05) is 36.8 Å². The molecule has 5 heteroatoms. The van der Waals surface area contributed by atoms with Gasteiger partial charge in [0.1, 0.15) is 6.04 Å². The maximum absolute atomic E-state index is 12.0. The Bertz CT molecular complexity index is 410. The molecule has 20 heavy (non-hydrogen) atoms. The first-order valence-electron chi connectivity index (χ1n) is 6.82. The third-order valence-corrected chi connectivity index (χ3v) is 3.76. The highest BCUT2D eigenvalue weighted by Gasteiger charge is 2.30. The van der Waals surface area contributed by atoms with Crippen LogP contribution in [0.3, 0.4) is 0 Å². The monoisotopic (exact) mass is 298 g/mol. The number of carbonyl (C=O) groups excluding carboxylic acids is 1. The van der Waals surface area contributed by atoms with E-state index >= 15 is 0 Å². The quantitative estimate of drug-likeness (QED) is 0.845.